The first kappa shape index (κ1) is 36.9. The van der Waals surface area contributed by atoms with E-state index in [4.69, 9.17) is 5.11 Å². The Morgan fingerprint density at radius 3 is 1.48 bits per heavy atom. The van der Waals surface area contributed by atoms with Gasteiger partial charge in [-0.25, -0.2) is 23.5 Å². The third-order valence-corrected chi connectivity index (χ3v) is 6.22. The average molecular weight is 726 g/mol. The lowest BCUT2D eigenvalue weighted by Crippen LogP contribution is -2.16. The first-order valence-electron chi connectivity index (χ1n) is 13.0. The highest BCUT2D eigenvalue weighted by Crippen LogP contribution is 2.35. The van der Waals surface area contributed by atoms with E-state index < -0.39 is 88.7 Å². The summed E-state index contributed by atoms with van der Waals surface area (Å²) >= 11 is 0. The molecule has 3 aromatic heterocycles. The molecule has 21 heteroatoms. The van der Waals surface area contributed by atoms with Gasteiger partial charge in [-0.15, -0.1) is 0 Å². The highest BCUT2D eigenvalue weighted by Gasteiger charge is 2.34. The van der Waals surface area contributed by atoms with Crippen LogP contribution >= 0.6 is 0 Å². The van der Waals surface area contributed by atoms with Crippen LogP contribution in [0.3, 0.4) is 0 Å². The van der Waals surface area contributed by atoms with Crippen LogP contribution in [-0.2, 0) is 12.4 Å². The molecule has 0 radical (unpaired) electrons. The van der Waals surface area contributed by atoms with Crippen molar-refractivity contribution < 1.29 is 76.9 Å². The number of hydrogen-bond donors (Lipinski definition) is 2. The lowest BCUT2D eigenvalue weighted by Gasteiger charge is -2.14. The van der Waals surface area contributed by atoms with Crippen molar-refractivity contribution in [3.05, 3.63) is 95.1 Å². The zero-order valence-corrected chi connectivity index (χ0v) is 23.9. The Bertz CT molecular complexity index is 2050. The van der Waals surface area contributed by atoms with E-state index >= 15 is 0 Å². The largest absolute Gasteiger partial charge is 0.478 e. The van der Waals surface area contributed by atoms with Crippen LogP contribution < -0.4 is 14.8 Å². The Kier molecular flexibility index (Phi) is 10.6. The molecule has 0 aliphatic heterocycles. The maximum atomic E-state index is 13.7. The number of benzene rings is 2. The monoisotopic (exact) mass is 726 g/mol. The molecule has 1 amide bonds. The molecule has 0 unspecified atom stereocenters. The van der Waals surface area contributed by atoms with Crippen molar-refractivity contribution in [3.63, 3.8) is 0 Å². The summed E-state index contributed by atoms with van der Waals surface area (Å²) in [7, 11) is 0. The molecule has 264 valence electrons. The standard InChI is InChI=1S/C17H8F7N3O2.C12H6F5NO3/c18-9-5-25-6-10(19)14(9)27-15(28)8-1-3-11(29-16(20)21)13-7(8)2-4-12(26-13)17(22,23)24;13-11(14)21-7-3-1-6(10(19)20)5-2-4-8(12(15,16)17)18-9(5)7/h1-6,16H,(H,25,27,28);1-4,11H,(H,19,20). The number of carboxylic acid groups (broad SMARTS) is 1. The third kappa shape index (κ3) is 8.39. The van der Waals surface area contributed by atoms with Crippen molar-refractivity contribution >= 4 is 39.4 Å². The number of nitrogens with zero attached hydrogens (tertiary/aromatic N) is 3. The Hall–Kier alpha value is -5.89. The predicted octanol–water partition coefficient (Wildman–Crippen LogP) is 8.33. The van der Waals surface area contributed by atoms with E-state index in [9.17, 15) is 62.3 Å². The molecular weight excluding hydrogens is 712 g/mol. The molecule has 2 aromatic carbocycles. The maximum Gasteiger partial charge on any atom is 0.433 e. The Labute approximate surface area is 269 Å². The van der Waals surface area contributed by atoms with Crippen LogP contribution in [0.1, 0.15) is 32.1 Å². The minimum absolute atomic E-state index is 0.228. The normalized spacial score (nSPS) is 11.8. The molecule has 0 atom stereocenters. The topological polar surface area (TPSA) is 124 Å². The van der Waals surface area contributed by atoms with Gasteiger partial charge in [-0.05, 0) is 48.5 Å². The van der Waals surface area contributed by atoms with E-state index in [1.807, 2.05) is 5.32 Å². The summed E-state index contributed by atoms with van der Waals surface area (Å²) in [5.41, 5.74) is -5.60. The van der Waals surface area contributed by atoms with Crippen molar-refractivity contribution in [2.75, 3.05) is 5.32 Å². The van der Waals surface area contributed by atoms with Crippen molar-refractivity contribution in [2.45, 2.75) is 25.6 Å². The summed E-state index contributed by atoms with van der Waals surface area (Å²) in [4.78, 5) is 33.1. The summed E-state index contributed by atoms with van der Waals surface area (Å²) in [6.45, 7) is -6.64. The summed E-state index contributed by atoms with van der Waals surface area (Å²) < 4.78 is 162. The van der Waals surface area contributed by atoms with Gasteiger partial charge in [0, 0.05) is 16.3 Å². The van der Waals surface area contributed by atoms with E-state index in [1.54, 1.807) is 0 Å². The van der Waals surface area contributed by atoms with Gasteiger partial charge >= 0.3 is 31.5 Å². The number of anilines is 1. The van der Waals surface area contributed by atoms with Gasteiger partial charge in [0.2, 0.25) is 0 Å². The molecule has 3 heterocycles. The molecule has 0 aliphatic rings. The molecule has 5 rings (SSSR count). The minimum Gasteiger partial charge on any atom is -0.478 e. The Morgan fingerprint density at radius 2 is 1.08 bits per heavy atom. The number of carboxylic acids is 1. The van der Waals surface area contributed by atoms with Crippen molar-refractivity contribution in [3.8, 4) is 11.5 Å². The van der Waals surface area contributed by atoms with Crippen molar-refractivity contribution in [1.29, 1.82) is 0 Å². The summed E-state index contributed by atoms with van der Waals surface area (Å²) in [5.74, 6) is -6.28. The number of aromatic carboxylic acids is 1. The van der Waals surface area contributed by atoms with E-state index in [0.717, 1.165) is 36.4 Å². The molecule has 0 bridgehead atoms. The predicted molar refractivity (Wildman–Crippen MR) is 146 cm³/mol. The van der Waals surface area contributed by atoms with Crippen LogP contribution in [0.25, 0.3) is 21.8 Å². The highest BCUT2D eigenvalue weighted by atomic mass is 19.4. The quantitative estimate of drug-likeness (QED) is 0.161. The Balaban J connectivity index is 0.000000237. The number of halogens is 12. The van der Waals surface area contributed by atoms with E-state index in [-0.39, 0.29) is 21.9 Å². The van der Waals surface area contributed by atoms with Crippen LogP contribution in [0.5, 0.6) is 11.5 Å². The number of pyridine rings is 3. The van der Waals surface area contributed by atoms with E-state index in [2.05, 4.69) is 24.4 Å². The minimum atomic E-state index is -4.89. The molecule has 0 saturated heterocycles. The second-order valence-corrected chi connectivity index (χ2v) is 9.40. The summed E-state index contributed by atoms with van der Waals surface area (Å²) in [5, 5.41) is 10.3. The number of alkyl halides is 10. The van der Waals surface area contributed by atoms with Gasteiger partial charge in [-0.1, -0.05) is 0 Å². The fourth-order valence-corrected chi connectivity index (χ4v) is 4.18. The molecule has 50 heavy (non-hydrogen) atoms. The number of rotatable bonds is 7. The number of nitrogens with one attached hydrogen (secondary N) is 1. The number of carbonyl (C=O) groups excluding carboxylic acids is 1. The number of fused-ring (bicyclic) bond motifs is 2. The third-order valence-electron chi connectivity index (χ3n) is 6.22. The van der Waals surface area contributed by atoms with Gasteiger partial charge in [-0.3, -0.25) is 9.78 Å². The Morgan fingerprint density at radius 1 is 0.660 bits per heavy atom. The lowest BCUT2D eigenvalue weighted by molar-refractivity contribution is -0.141. The van der Waals surface area contributed by atoms with Gasteiger partial charge in [0.05, 0.1) is 18.0 Å². The second kappa shape index (κ2) is 14.3. The molecule has 0 saturated carbocycles. The SMILES string of the molecule is O=C(Nc1c(F)cncc1F)c1ccc(OC(F)F)c2nc(C(F)(F)F)ccc12.O=C(O)c1ccc(OC(F)F)c2nc(C(F)(F)F)ccc12. The van der Waals surface area contributed by atoms with Crippen molar-refractivity contribution in [1.82, 2.24) is 15.0 Å². The molecule has 9 nitrogen and oxygen atoms in total. The number of ether oxygens (including phenoxy) is 2. The lowest BCUT2D eigenvalue weighted by atomic mass is 10.1. The van der Waals surface area contributed by atoms with Crippen LogP contribution in [0.2, 0.25) is 0 Å². The van der Waals surface area contributed by atoms with Crippen LogP contribution in [0, 0.1) is 11.6 Å². The zero-order valence-electron chi connectivity index (χ0n) is 23.9. The number of aromatic nitrogens is 3. The van der Waals surface area contributed by atoms with Gasteiger partial charge < -0.3 is 19.9 Å². The van der Waals surface area contributed by atoms with E-state index in [1.165, 1.54) is 0 Å². The molecule has 0 aliphatic carbocycles. The summed E-state index contributed by atoms with van der Waals surface area (Å²) in [6, 6.07) is 6.31. The van der Waals surface area contributed by atoms with Crippen LogP contribution in [-0.4, -0.2) is 45.2 Å². The first-order valence-corrected chi connectivity index (χ1v) is 13.0. The number of carbonyl (C=O) groups is 2. The smallest absolute Gasteiger partial charge is 0.433 e. The number of amides is 1. The molecule has 0 fully saturated rings. The second-order valence-electron chi connectivity index (χ2n) is 9.40. The van der Waals surface area contributed by atoms with Gasteiger partial charge in [0.1, 0.15) is 28.1 Å². The molecule has 5 aromatic rings. The maximum absolute atomic E-state index is 13.7. The van der Waals surface area contributed by atoms with Gasteiger partial charge in [0.25, 0.3) is 5.91 Å². The highest BCUT2D eigenvalue weighted by molar-refractivity contribution is 6.13. The average Bonchev–Trinajstić information content (AvgIpc) is 3.01. The van der Waals surface area contributed by atoms with E-state index in [0.29, 0.717) is 24.5 Å². The van der Waals surface area contributed by atoms with Crippen LogP contribution in [0.4, 0.5) is 58.4 Å². The van der Waals surface area contributed by atoms with Gasteiger partial charge in [0.15, 0.2) is 23.1 Å². The zero-order chi connectivity index (χ0) is 37.1. The summed E-state index contributed by atoms with van der Waals surface area (Å²) in [6.07, 6.45) is -8.42. The molecule has 2 N–H and O–H groups in total. The first-order chi connectivity index (χ1) is 23.3. The van der Waals surface area contributed by atoms with Crippen LogP contribution in [0.15, 0.2) is 60.9 Å². The fraction of sp³-hybridized carbons (Fsp3) is 0.138. The molecular formula is C29H14F12N4O5. The number of hydrogen-bond acceptors (Lipinski definition) is 7. The van der Waals surface area contributed by atoms with Crippen molar-refractivity contribution in [2.24, 2.45) is 0 Å². The molecule has 0 spiro atoms. The van der Waals surface area contributed by atoms with Gasteiger partial charge in [-0.2, -0.15) is 43.9 Å². The fourth-order valence-electron chi connectivity index (χ4n) is 4.18.